The van der Waals surface area contributed by atoms with E-state index in [1.54, 1.807) is 0 Å². The van der Waals surface area contributed by atoms with E-state index < -0.39 is 0 Å². The molecular weight excluding hydrogens is 388 g/mol. The summed E-state index contributed by atoms with van der Waals surface area (Å²) >= 11 is 0. The molecular formula is C31H52O. The van der Waals surface area contributed by atoms with Crippen molar-refractivity contribution in [1.82, 2.24) is 0 Å². The molecule has 2 heterocycles. The molecule has 1 nitrogen and oxygen atoms in total. The van der Waals surface area contributed by atoms with E-state index in [4.69, 9.17) is 4.74 Å². The zero-order chi connectivity index (χ0) is 23.2. The van der Waals surface area contributed by atoms with Crippen molar-refractivity contribution in [2.45, 2.75) is 144 Å². The van der Waals surface area contributed by atoms with Gasteiger partial charge in [0.25, 0.3) is 0 Å². The Balaban J connectivity index is 1.40. The van der Waals surface area contributed by atoms with Crippen LogP contribution in [0.15, 0.2) is 11.6 Å². The number of hydrogen-bond acceptors (Lipinski definition) is 1. The average molecular weight is 441 g/mol. The van der Waals surface area contributed by atoms with E-state index in [-0.39, 0.29) is 5.60 Å². The van der Waals surface area contributed by atoms with Gasteiger partial charge in [-0.15, -0.1) is 0 Å². The highest BCUT2D eigenvalue weighted by molar-refractivity contribution is 5.24. The van der Waals surface area contributed by atoms with Gasteiger partial charge in [-0.25, -0.2) is 0 Å². The highest BCUT2D eigenvalue weighted by atomic mass is 16.5. The lowest BCUT2D eigenvalue weighted by Crippen LogP contribution is -2.67. The molecule has 0 radical (unpaired) electrons. The van der Waals surface area contributed by atoms with Gasteiger partial charge in [0.05, 0.1) is 11.7 Å². The number of fused-ring (bicyclic) bond motifs is 4. The molecule has 182 valence electrons. The van der Waals surface area contributed by atoms with Crippen molar-refractivity contribution < 1.29 is 4.74 Å². The first-order chi connectivity index (χ1) is 14.8. The van der Waals surface area contributed by atoms with Crippen molar-refractivity contribution in [1.29, 1.82) is 0 Å². The van der Waals surface area contributed by atoms with Gasteiger partial charge in [0.1, 0.15) is 0 Å². The van der Waals surface area contributed by atoms with E-state index in [2.05, 4.69) is 61.5 Å². The maximum absolute atomic E-state index is 7.13. The van der Waals surface area contributed by atoms with Crippen molar-refractivity contribution in [2.75, 3.05) is 0 Å². The number of allylic oxidation sites excluding steroid dienone is 2. The normalized spacial score (nSPS) is 53.3. The van der Waals surface area contributed by atoms with Gasteiger partial charge >= 0.3 is 0 Å². The lowest BCUT2D eigenvalue weighted by Gasteiger charge is -2.71. The number of rotatable bonds is 4. The summed E-state index contributed by atoms with van der Waals surface area (Å²) in [4.78, 5) is 0. The Hall–Kier alpha value is -0.300. The van der Waals surface area contributed by atoms with Crippen LogP contribution in [-0.4, -0.2) is 11.7 Å². The molecule has 0 aromatic carbocycles. The lowest BCUT2D eigenvalue weighted by atomic mass is 9.33. The molecule has 1 heteroatoms. The Labute approximate surface area is 199 Å². The van der Waals surface area contributed by atoms with Crippen LogP contribution < -0.4 is 0 Å². The van der Waals surface area contributed by atoms with Crippen LogP contribution in [-0.2, 0) is 4.74 Å². The number of unbranched alkanes of at least 4 members (excludes halogenated alkanes) is 1. The van der Waals surface area contributed by atoms with Crippen LogP contribution in [0.25, 0.3) is 0 Å². The van der Waals surface area contributed by atoms with E-state index in [0.29, 0.717) is 33.2 Å². The third kappa shape index (κ3) is 2.91. The molecule has 5 rings (SSSR count). The Morgan fingerprint density at radius 2 is 1.50 bits per heavy atom. The fourth-order valence-electron chi connectivity index (χ4n) is 10.8. The van der Waals surface area contributed by atoms with Gasteiger partial charge in [-0.3, -0.25) is 0 Å². The summed E-state index contributed by atoms with van der Waals surface area (Å²) in [7, 11) is 0. The monoisotopic (exact) mass is 440 g/mol. The standard InChI is InChI=1S/C31H52O/c1-22(2)11-9-10-15-27(5)17-19-29(7)24-13-12-23-26(3,4)25-14-16-31(23,32-25)30(24,8)20-18-28(29,6)21-27/h11,23-25H,9-10,12-21H2,1-8H3. The van der Waals surface area contributed by atoms with Gasteiger partial charge in [0, 0.05) is 5.41 Å². The highest BCUT2D eigenvalue weighted by Crippen LogP contribution is 2.78. The summed E-state index contributed by atoms with van der Waals surface area (Å²) in [6.45, 7) is 20.3. The first-order valence-electron chi connectivity index (χ1n) is 14.1. The molecule has 2 aliphatic heterocycles. The van der Waals surface area contributed by atoms with Crippen LogP contribution in [0.1, 0.15) is 132 Å². The SMILES string of the molecule is CC(C)=CCCCC1(C)CCC2(C)C3CCC4C(C)(C)C5CCC4(O5)C3(C)CCC2(C)C1. The van der Waals surface area contributed by atoms with E-state index in [1.165, 1.54) is 82.6 Å². The minimum absolute atomic E-state index is 0.180. The van der Waals surface area contributed by atoms with Crippen LogP contribution in [0.5, 0.6) is 0 Å². The second-order valence-electron chi connectivity index (χ2n) is 15.1. The van der Waals surface area contributed by atoms with Crippen LogP contribution in [0.2, 0.25) is 0 Å². The molecule has 1 spiro atoms. The molecule has 8 atom stereocenters. The summed E-state index contributed by atoms with van der Waals surface area (Å²) in [6, 6.07) is 0. The second-order valence-corrected chi connectivity index (χ2v) is 15.1. The average Bonchev–Trinajstić information content (AvgIpc) is 3.24. The molecule has 2 bridgehead atoms. The van der Waals surface area contributed by atoms with Crippen molar-refractivity contribution in [3.63, 3.8) is 0 Å². The third-order valence-electron chi connectivity index (χ3n) is 12.8. The fraction of sp³-hybridized carbons (Fsp3) is 0.935. The smallest absolute Gasteiger partial charge is 0.0777 e. The molecule has 5 aliphatic rings. The van der Waals surface area contributed by atoms with Crippen LogP contribution in [0.3, 0.4) is 0 Å². The van der Waals surface area contributed by atoms with Crippen molar-refractivity contribution in [3.8, 4) is 0 Å². The van der Waals surface area contributed by atoms with E-state index in [0.717, 1.165) is 11.8 Å². The zero-order valence-electron chi connectivity index (χ0n) is 22.7. The number of ether oxygens (including phenoxy) is 1. The topological polar surface area (TPSA) is 9.23 Å². The fourth-order valence-corrected chi connectivity index (χ4v) is 10.8. The molecule has 32 heavy (non-hydrogen) atoms. The van der Waals surface area contributed by atoms with Gasteiger partial charge in [-0.1, -0.05) is 53.2 Å². The Morgan fingerprint density at radius 3 is 2.22 bits per heavy atom. The first-order valence-corrected chi connectivity index (χ1v) is 14.1. The summed E-state index contributed by atoms with van der Waals surface area (Å²) < 4.78 is 7.13. The third-order valence-corrected chi connectivity index (χ3v) is 12.8. The molecule has 3 aliphatic carbocycles. The predicted molar refractivity (Wildman–Crippen MR) is 136 cm³/mol. The van der Waals surface area contributed by atoms with Gasteiger partial charge in [-0.2, -0.15) is 0 Å². The van der Waals surface area contributed by atoms with Crippen molar-refractivity contribution in [2.24, 2.45) is 38.9 Å². The minimum atomic E-state index is 0.180. The molecule has 5 fully saturated rings. The molecule has 0 N–H and O–H groups in total. The summed E-state index contributed by atoms with van der Waals surface area (Å²) in [6.07, 6.45) is 19.7. The van der Waals surface area contributed by atoms with E-state index in [9.17, 15) is 0 Å². The van der Waals surface area contributed by atoms with Gasteiger partial charge < -0.3 is 4.74 Å². The van der Waals surface area contributed by atoms with Crippen molar-refractivity contribution in [3.05, 3.63) is 11.6 Å². The second kappa shape index (κ2) is 7.11. The Morgan fingerprint density at radius 1 is 0.812 bits per heavy atom. The summed E-state index contributed by atoms with van der Waals surface area (Å²) in [5.41, 5.74) is 3.93. The Bertz CT molecular complexity index is 790. The van der Waals surface area contributed by atoms with E-state index in [1.807, 2.05) is 0 Å². The Kier molecular flexibility index (Phi) is 5.21. The van der Waals surface area contributed by atoms with Crippen LogP contribution >= 0.6 is 0 Å². The highest BCUT2D eigenvalue weighted by Gasteiger charge is 2.76. The maximum atomic E-state index is 7.13. The molecule has 0 aromatic heterocycles. The predicted octanol–water partition coefficient (Wildman–Crippen LogP) is 9.11. The maximum Gasteiger partial charge on any atom is 0.0777 e. The minimum Gasteiger partial charge on any atom is -0.370 e. The number of hydrogen-bond donors (Lipinski definition) is 0. The van der Waals surface area contributed by atoms with Gasteiger partial charge in [0.2, 0.25) is 0 Å². The molecule has 3 saturated carbocycles. The first kappa shape index (κ1) is 23.4. The lowest BCUT2D eigenvalue weighted by molar-refractivity contribution is -0.249. The van der Waals surface area contributed by atoms with Crippen LogP contribution in [0, 0.1) is 38.9 Å². The van der Waals surface area contributed by atoms with E-state index >= 15 is 0 Å². The van der Waals surface area contributed by atoms with Crippen molar-refractivity contribution >= 4 is 0 Å². The largest absolute Gasteiger partial charge is 0.370 e. The quantitative estimate of drug-likeness (QED) is 0.313. The van der Waals surface area contributed by atoms with Gasteiger partial charge in [-0.05, 0) is 124 Å². The summed E-state index contributed by atoms with van der Waals surface area (Å²) in [5, 5.41) is 0. The summed E-state index contributed by atoms with van der Waals surface area (Å²) in [5.74, 6) is 1.62. The molecule has 0 amide bonds. The van der Waals surface area contributed by atoms with Gasteiger partial charge in [0.15, 0.2) is 0 Å². The zero-order valence-corrected chi connectivity index (χ0v) is 22.7. The molecule has 2 saturated heterocycles. The molecule has 8 unspecified atom stereocenters. The molecule has 0 aromatic rings. The van der Waals surface area contributed by atoms with Crippen LogP contribution in [0.4, 0.5) is 0 Å².